The first-order chi connectivity index (χ1) is 10.7. The fraction of sp³-hybridized carbons (Fsp3) is 0.938. The third-order valence-corrected chi connectivity index (χ3v) is 10.1. The fourth-order valence-electron chi connectivity index (χ4n) is 2.80. The molecular weight excluding hydrogens is 339 g/mol. The number of rotatable bonds is 4. The standard InChI is InChI=1S/C16H30F3NO3Si/c1-14(2,3)24(6,7)23-12-8-10-15(11-9-12,16(17,18)19)13(21)20(4)22-5/h12H,8-11H2,1-7H3. The van der Waals surface area contributed by atoms with Gasteiger partial charge >= 0.3 is 6.18 Å². The molecule has 1 aliphatic rings. The van der Waals surface area contributed by atoms with Gasteiger partial charge in [0.25, 0.3) is 5.91 Å². The van der Waals surface area contributed by atoms with Gasteiger partial charge in [-0.2, -0.15) is 13.2 Å². The molecule has 0 unspecified atom stereocenters. The Labute approximate surface area is 143 Å². The lowest BCUT2D eigenvalue weighted by atomic mass is 9.71. The summed E-state index contributed by atoms with van der Waals surface area (Å²) in [6.07, 6.45) is -4.88. The predicted octanol–water partition coefficient (Wildman–Crippen LogP) is 4.52. The van der Waals surface area contributed by atoms with E-state index in [0.717, 1.165) is 0 Å². The Morgan fingerprint density at radius 3 is 1.96 bits per heavy atom. The van der Waals surface area contributed by atoms with Crippen molar-refractivity contribution >= 4 is 14.2 Å². The van der Waals surface area contributed by atoms with Crippen molar-refractivity contribution in [3.63, 3.8) is 0 Å². The Kier molecular flexibility index (Phi) is 6.21. The van der Waals surface area contributed by atoms with E-state index in [4.69, 9.17) is 9.26 Å². The summed E-state index contributed by atoms with van der Waals surface area (Å²) in [6, 6.07) is 0. The van der Waals surface area contributed by atoms with Gasteiger partial charge in [0.15, 0.2) is 8.32 Å². The molecule has 0 bridgehead atoms. The molecule has 1 amide bonds. The molecule has 0 heterocycles. The van der Waals surface area contributed by atoms with Crippen molar-refractivity contribution in [2.45, 2.75) is 76.9 Å². The molecule has 4 nitrogen and oxygen atoms in total. The minimum atomic E-state index is -4.60. The largest absolute Gasteiger partial charge is 0.414 e. The van der Waals surface area contributed by atoms with E-state index in [1.807, 2.05) is 0 Å². The average Bonchev–Trinajstić information content (AvgIpc) is 2.43. The van der Waals surface area contributed by atoms with Gasteiger partial charge < -0.3 is 4.43 Å². The van der Waals surface area contributed by atoms with E-state index in [-0.39, 0.29) is 36.8 Å². The van der Waals surface area contributed by atoms with Crippen LogP contribution >= 0.6 is 0 Å². The fourth-order valence-corrected chi connectivity index (χ4v) is 4.22. The maximum Gasteiger partial charge on any atom is 0.403 e. The lowest BCUT2D eigenvalue weighted by Gasteiger charge is -2.45. The SMILES string of the molecule is CON(C)C(=O)C1(C(F)(F)F)CCC(O[Si](C)(C)C(C)(C)C)CC1. The van der Waals surface area contributed by atoms with Gasteiger partial charge in [-0.15, -0.1) is 0 Å². The zero-order valence-corrected chi connectivity index (χ0v) is 16.7. The number of hydrogen-bond acceptors (Lipinski definition) is 3. The Morgan fingerprint density at radius 2 is 1.62 bits per heavy atom. The zero-order valence-electron chi connectivity index (χ0n) is 15.7. The number of carbonyl (C=O) groups is 1. The quantitative estimate of drug-likeness (QED) is 0.540. The van der Waals surface area contributed by atoms with Crippen molar-refractivity contribution in [1.82, 2.24) is 5.06 Å². The van der Waals surface area contributed by atoms with Crippen LogP contribution in [0.1, 0.15) is 46.5 Å². The third kappa shape index (κ3) is 4.14. The number of hydrogen-bond donors (Lipinski definition) is 0. The monoisotopic (exact) mass is 369 g/mol. The molecule has 142 valence electrons. The molecule has 0 N–H and O–H groups in total. The second-order valence-electron chi connectivity index (χ2n) is 8.14. The normalized spacial score (nSPS) is 26.3. The zero-order chi connectivity index (χ0) is 19.0. The maximum atomic E-state index is 13.7. The van der Waals surface area contributed by atoms with Crippen molar-refractivity contribution < 1.29 is 27.2 Å². The molecular formula is C16H30F3NO3Si. The summed E-state index contributed by atoms with van der Waals surface area (Å²) in [5, 5.41) is 0.681. The van der Waals surface area contributed by atoms with Crippen LogP contribution in [0, 0.1) is 5.41 Å². The first-order valence-corrected chi connectivity index (χ1v) is 11.2. The predicted molar refractivity (Wildman–Crippen MR) is 88.8 cm³/mol. The molecule has 1 rings (SSSR count). The van der Waals surface area contributed by atoms with Gasteiger partial charge in [0.1, 0.15) is 5.41 Å². The highest BCUT2D eigenvalue weighted by atomic mass is 28.4. The number of carbonyl (C=O) groups excluding carboxylic acids is 1. The summed E-state index contributed by atoms with van der Waals surface area (Å²) in [6.45, 7) is 10.5. The minimum Gasteiger partial charge on any atom is -0.414 e. The summed E-state index contributed by atoms with van der Waals surface area (Å²) in [4.78, 5) is 17.0. The van der Waals surface area contributed by atoms with Gasteiger partial charge in [0.05, 0.1) is 7.11 Å². The lowest BCUT2D eigenvalue weighted by Crippen LogP contribution is -2.54. The lowest BCUT2D eigenvalue weighted by molar-refractivity contribution is -0.252. The van der Waals surface area contributed by atoms with E-state index in [1.54, 1.807) is 0 Å². The molecule has 0 aliphatic heterocycles. The molecule has 0 spiro atoms. The van der Waals surface area contributed by atoms with Crippen LogP contribution < -0.4 is 0 Å². The Bertz CT molecular complexity index is 452. The van der Waals surface area contributed by atoms with Crippen LogP contribution in [-0.2, 0) is 14.1 Å². The highest BCUT2D eigenvalue weighted by molar-refractivity contribution is 6.74. The number of amides is 1. The smallest absolute Gasteiger partial charge is 0.403 e. The summed E-state index contributed by atoms with van der Waals surface area (Å²) < 4.78 is 47.2. The summed E-state index contributed by atoms with van der Waals surface area (Å²) in [7, 11) is 0.363. The second-order valence-corrected chi connectivity index (χ2v) is 12.9. The van der Waals surface area contributed by atoms with Crippen LogP contribution in [0.25, 0.3) is 0 Å². The van der Waals surface area contributed by atoms with E-state index in [2.05, 4.69) is 33.9 Å². The van der Waals surface area contributed by atoms with Crippen molar-refractivity contribution in [3.05, 3.63) is 0 Å². The summed E-state index contributed by atoms with van der Waals surface area (Å²) in [5.74, 6) is -1.02. The molecule has 24 heavy (non-hydrogen) atoms. The van der Waals surface area contributed by atoms with E-state index in [9.17, 15) is 18.0 Å². The molecule has 0 saturated heterocycles. The van der Waals surface area contributed by atoms with Crippen LogP contribution in [0.4, 0.5) is 13.2 Å². The number of nitrogens with zero attached hydrogens (tertiary/aromatic N) is 1. The van der Waals surface area contributed by atoms with Crippen LogP contribution in [-0.4, -0.2) is 45.7 Å². The molecule has 0 radical (unpaired) electrons. The molecule has 1 fully saturated rings. The Morgan fingerprint density at radius 1 is 1.17 bits per heavy atom. The number of hydroxylamine groups is 2. The van der Waals surface area contributed by atoms with Crippen LogP contribution in [0.2, 0.25) is 18.1 Å². The van der Waals surface area contributed by atoms with Gasteiger partial charge in [-0.3, -0.25) is 9.63 Å². The maximum absolute atomic E-state index is 13.7. The molecule has 1 saturated carbocycles. The molecule has 8 heteroatoms. The topological polar surface area (TPSA) is 38.8 Å². The van der Waals surface area contributed by atoms with Gasteiger partial charge in [-0.25, -0.2) is 5.06 Å². The van der Waals surface area contributed by atoms with Crippen molar-refractivity contribution in [2.24, 2.45) is 5.41 Å². The summed E-state index contributed by atoms with van der Waals surface area (Å²) in [5.41, 5.74) is -2.37. The van der Waals surface area contributed by atoms with Gasteiger partial charge in [0, 0.05) is 13.2 Å². The minimum absolute atomic E-state index is 0.00233. The number of alkyl halides is 3. The van der Waals surface area contributed by atoms with Gasteiger partial charge in [-0.05, 0) is 43.8 Å². The third-order valence-electron chi connectivity index (χ3n) is 5.57. The number of halogens is 3. The van der Waals surface area contributed by atoms with E-state index < -0.39 is 25.8 Å². The highest BCUT2D eigenvalue weighted by Gasteiger charge is 2.62. The van der Waals surface area contributed by atoms with Gasteiger partial charge in [-0.1, -0.05) is 20.8 Å². The average molecular weight is 370 g/mol. The van der Waals surface area contributed by atoms with Crippen molar-refractivity contribution in [1.29, 1.82) is 0 Å². The van der Waals surface area contributed by atoms with E-state index in [0.29, 0.717) is 5.06 Å². The molecule has 0 aromatic carbocycles. The van der Waals surface area contributed by atoms with Crippen molar-refractivity contribution in [2.75, 3.05) is 14.2 Å². The van der Waals surface area contributed by atoms with Crippen molar-refractivity contribution in [3.8, 4) is 0 Å². The molecule has 1 aliphatic carbocycles. The van der Waals surface area contributed by atoms with Crippen LogP contribution in [0.3, 0.4) is 0 Å². The molecule has 0 aromatic rings. The van der Waals surface area contributed by atoms with Gasteiger partial charge in [0.2, 0.25) is 0 Å². The van der Waals surface area contributed by atoms with Crippen LogP contribution in [0.15, 0.2) is 0 Å². The highest BCUT2D eigenvalue weighted by Crippen LogP contribution is 2.51. The second kappa shape index (κ2) is 6.95. The molecule has 0 aromatic heterocycles. The van der Waals surface area contributed by atoms with E-state index in [1.165, 1.54) is 14.2 Å². The summed E-state index contributed by atoms with van der Waals surface area (Å²) >= 11 is 0. The molecule has 0 atom stereocenters. The van der Waals surface area contributed by atoms with Crippen LogP contribution in [0.5, 0.6) is 0 Å². The first-order valence-electron chi connectivity index (χ1n) is 8.25. The Hall–Kier alpha value is -0.603. The Balaban J connectivity index is 2.91. The van der Waals surface area contributed by atoms with E-state index >= 15 is 0 Å². The first kappa shape index (κ1) is 21.4.